The van der Waals surface area contributed by atoms with E-state index in [1.54, 1.807) is 7.11 Å². The van der Waals surface area contributed by atoms with E-state index in [9.17, 15) is 4.79 Å². The summed E-state index contributed by atoms with van der Waals surface area (Å²) in [4.78, 5) is 14.4. The summed E-state index contributed by atoms with van der Waals surface area (Å²) < 4.78 is 5.26. The van der Waals surface area contributed by atoms with Gasteiger partial charge in [-0.1, -0.05) is 12.1 Å². The molecule has 0 amide bonds. The molecule has 0 bridgehead atoms. The standard InChI is InChI=1S/C14H17NO2/c1-15-8-11-7-13(16)14(11,9-15)10-4-3-5-12(6-10)17-2/h3-6,11H,7-9H2,1-2H3. The highest BCUT2D eigenvalue weighted by Crippen LogP contribution is 2.50. The Bertz CT molecular complexity index is 471. The Hall–Kier alpha value is -1.35. The van der Waals surface area contributed by atoms with Crippen molar-refractivity contribution in [3.8, 4) is 5.75 Å². The molecule has 1 aliphatic carbocycles. The van der Waals surface area contributed by atoms with Crippen molar-refractivity contribution in [2.45, 2.75) is 11.8 Å². The number of likely N-dealkylation sites (tertiary alicyclic amines) is 1. The first-order valence-corrected chi connectivity index (χ1v) is 6.03. The first-order valence-electron chi connectivity index (χ1n) is 6.03. The summed E-state index contributed by atoms with van der Waals surface area (Å²) in [5, 5.41) is 0. The highest BCUT2D eigenvalue weighted by molar-refractivity contribution is 5.98. The Morgan fingerprint density at radius 2 is 2.29 bits per heavy atom. The Labute approximate surface area is 101 Å². The van der Waals surface area contributed by atoms with Gasteiger partial charge in [-0.05, 0) is 30.7 Å². The van der Waals surface area contributed by atoms with Crippen LogP contribution in [0.15, 0.2) is 24.3 Å². The van der Waals surface area contributed by atoms with E-state index < -0.39 is 0 Å². The first kappa shape index (κ1) is 10.8. The maximum Gasteiger partial charge on any atom is 0.145 e. The van der Waals surface area contributed by atoms with Gasteiger partial charge in [-0.2, -0.15) is 0 Å². The molecule has 1 aliphatic heterocycles. The highest BCUT2D eigenvalue weighted by atomic mass is 16.5. The monoisotopic (exact) mass is 231 g/mol. The third-order valence-corrected chi connectivity index (χ3v) is 4.26. The number of nitrogens with zero attached hydrogens (tertiary/aromatic N) is 1. The smallest absolute Gasteiger partial charge is 0.145 e. The molecule has 1 aromatic rings. The van der Waals surface area contributed by atoms with Crippen LogP contribution >= 0.6 is 0 Å². The van der Waals surface area contributed by atoms with E-state index >= 15 is 0 Å². The third-order valence-electron chi connectivity index (χ3n) is 4.26. The SMILES string of the molecule is COc1cccc(C23CN(C)CC2CC3=O)c1. The maximum absolute atomic E-state index is 12.1. The second-order valence-corrected chi connectivity index (χ2v) is 5.22. The topological polar surface area (TPSA) is 29.5 Å². The molecule has 2 atom stereocenters. The Kier molecular flexibility index (Phi) is 2.26. The number of carbonyl (C=O) groups is 1. The minimum Gasteiger partial charge on any atom is -0.497 e. The summed E-state index contributed by atoms with van der Waals surface area (Å²) >= 11 is 0. The summed E-state index contributed by atoms with van der Waals surface area (Å²) in [5.41, 5.74) is 0.881. The molecule has 0 aromatic heterocycles. The van der Waals surface area contributed by atoms with Crippen LogP contribution in [-0.2, 0) is 10.2 Å². The molecule has 2 unspecified atom stereocenters. The van der Waals surface area contributed by atoms with Crippen molar-refractivity contribution in [2.75, 3.05) is 27.2 Å². The van der Waals surface area contributed by atoms with Gasteiger partial charge in [0.2, 0.25) is 0 Å². The fraction of sp³-hybridized carbons (Fsp3) is 0.500. The lowest BCUT2D eigenvalue weighted by molar-refractivity contribution is -0.134. The van der Waals surface area contributed by atoms with Crippen LogP contribution in [0, 0.1) is 5.92 Å². The predicted octanol–water partition coefficient (Wildman–Crippen LogP) is 1.47. The van der Waals surface area contributed by atoms with Crippen molar-refractivity contribution in [2.24, 2.45) is 5.92 Å². The van der Waals surface area contributed by atoms with Gasteiger partial charge >= 0.3 is 0 Å². The second kappa shape index (κ2) is 3.57. The molecule has 2 fully saturated rings. The average molecular weight is 231 g/mol. The molecular formula is C14H17NO2. The molecule has 17 heavy (non-hydrogen) atoms. The number of Topliss-reactive ketones (excluding diaryl/α,β-unsaturated/α-hetero) is 1. The summed E-state index contributed by atoms with van der Waals surface area (Å²) in [6.07, 6.45) is 0.738. The number of benzene rings is 1. The van der Waals surface area contributed by atoms with Crippen LogP contribution in [0.3, 0.4) is 0 Å². The van der Waals surface area contributed by atoms with E-state index in [1.165, 1.54) is 0 Å². The maximum atomic E-state index is 12.1. The van der Waals surface area contributed by atoms with Crippen LogP contribution in [0.4, 0.5) is 0 Å². The number of ketones is 1. The van der Waals surface area contributed by atoms with Crippen LogP contribution in [-0.4, -0.2) is 37.9 Å². The highest BCUT2D eigenvalue weighted by Gasteiger charge is 2.59. The molecule has 3 nitrogen and oxygen atoms in total. The lowest BCUT2D eigenvalue weighted by Gasteiger charge is -2.42. The van der Waals surface area contributed by atoms with Gasteiger partial charge in [0.1, 0.15) is 11.5 Å². The van der Waals surface area contributed by atoms with Crippen molar-refractivity contribution in [1.29, 1.82) is 0 Å². The number of ether oxygens (including phenoxy) is 1. The molecule has 0 N–H and O–H groups in total. The number of likely N-dealkylation sites (N-methyl/N-ethyl adjacent to an activating group) is 1. The van der Waals surface area contributed by atoms with Gasteiger partial charge in [0.05, 0.1) is 12.5 Å². The van der Waals surface area contributed by atoms with Crippen LogP contribution < -0.4 is 4.74 Å². The lowest BCUT2D eigenvalue weighted by atomic mass is 9.57. The Morgan fingerprint density at radius 1 is 1.47 bits per heavy atom. The fourth-order valence-corrected chi connectivity index (χ4v) is 3.37. The minimum absolute atomic E-state index is 0.247. The summed E-state index contributed by atoms with van der Waals surface area (Å²) in [5.74, 6) is 1.72. The number of fused-ring (bicyclic) bond motifs is 1. The Balaban J connectivity index is 2.04. The number of rotatable bonds is 2. The molecule has 2 aliphatic rings. The van der Waals surface area contributed by atoms with E-state index in [-0.39, 0.29) is 5.41 Å². The van der Waals surface area contributed by atoms with E-state index in [0.717, 1.165) is 30.8 Å². The summed E-state index contributed by atoms with van der Waals surface area (Å²) in [6, 6.07) is 7.98. The van der Waals surface area contributed by atoms with Crippen molar-refractivity contribution >= 4 is 5.78 Å². The van der Waals surface area contributed by atoms with Crippen LogP contribution in [0.1, 0.15) is 12.0 Å². The van der Waals surface area contributed by atoms with E-state index in [4.69, 9.17) is 4.74 Å². The van der Waals surface area contributed by atoms with Crippen molar-refractivity contribution in [3.05, 3.63) is 29.8 Å². The molecule has 3 heteroatoms. The molecule has 0 spiro atoms. The van der Waals surface area contributed by atoms with Crippen molar-refractivity contribution in [3.63, 3.8) is 0 Å². The largest absolute Gasteiger partial charge is 0.497 e. The molecular weight excluding hydrogens is 214 g/mol. The molecule has 90 valence electrons. The molecule has 1 aromatic carbocycles. The quantitative estimate of drug-likeness (QED) is 0.772. The summed E-state index contributed by atoms with van der Waals surface area (Å²) in [6.45, 7) is 1.88. The number of hydrogen-bond donors (Lipinski definition) is 0. The third kappa shape index (κ3) is 1.35. The van der Waals surface area contributed by atoms with E-state index in [1.807, 2.05) is 18.2 Å². The molecule has 1 saturated carbocycles. The van der Waals surface area contributed by atoms with Gasteiger partial charge in [0.25, 0.3) is 0 Å². The fourth-order valence-electron chi connectivity index (χ4n) is 3.37. The van der Waals surface area contributed by atoms with Gasteiger partial charge in [-0.15, -0.1) is 0 Å². The number of methoxy groups -OCH3 is 1. The zero-order chi connectivity index (χ0) is 12.0. The zero-order valence-corrected chi connectivity index (χ0v) is 10.3. The predicted molar refractivity (Wildman–Crippen MR) is 65.3 cm³/mol. The number of carbonyl (C=O) groups excluding carboxylic acids is 1. The minimum atomic E-state index is -0.247. The molecule has 1 heterocycles. The van der Waals surface area contributed by atoms with Gasteiger partial charge in [0, 0.05) is 19.5 Å². The first-order chi connectivity index (χ1) is 8.16. The van der Waals surface area contributed by atoms with Crippen LogP contribution in [0.25, 0.3) is 0 Å². The molecule has 3 rings (SSSR count). The number of hydrogen-bond acceptors (Lipinski definition) is 3. The van der Waals surface area contributed by atoms with Gasteiger partial charge in [-0.25, -0.2) is 0 Å². The Morgan fingerprint density at radius 3 is 2.94 bits per heavy atom. The second-order valence-electron chi connectivity index (χ2n) is 5.22. The molecule has 0 radical (unpaired) electrons. The molecule has 1 saturated heterocycles. The van der Waals surface area contributed by atoms with Gasteiger partial charge < -0.3 is 9.64 Å². The lowest BCUT2D eigenvalue weighted by Crippen LogP contribution is -2.53. The normalized spacial score (nSPS) is 32.1. The van der Waals surface area contributed by atoms with Crippen LogP contribution in [0.2, 0.25) is 0 Å². The van der Waals surface area contributed by atoms with Crippen molar-refractivity contribution < 1.29 is 9.53 Å². The van der Waals surface area contributed by atoms with Gasteiger partial charge in [-0.3, -0.25) is 4.79 Å². The average Bonchev–Trinajstić information content (AvgIpc) is 2.61. The summed E-state index contributed by atoms with van der Waals surface area (Å²) in [7, 11) is 3.76. The van der Waals surface area contributed by atoms with Crippen molar-refractivity contribution in [1.82, 2.24) is 4.90 Å². The zero-order valence-electron chi connectivity index (χ0n) is 10.3. The van der Waals surface area contributed by atoms with E-state index in [0.29, 0.717) is 11.7 Å². The van der Waals surface area contributed by atoms with E-state index in [2.05, 4.69) is 18.0 Å². The van der Waals surface area contributed by atoms with Gasteiger partial charge in [0.15, 0.2) is 0 Å². The van der Waals surface area contributed by atoms with Crippen LogP contribution in [0.5, 0.6) is 5.75 Å².